The first-order valence-electron chi connectivity index (χ1n) is 8.43. The van der Waals surface area contributed by atoms with Crippen LogP contribution in [-0.4, -0.2) is 61.3 Å². The Kier molecular flexibility index (Phi) is 6.62. The average molecular weight is 422 g/mol. The lowest BCUT2D eigenvalue weighted by atomic mass is 10.1. The third-order valence-corrected chi connectivity index (χ3v) is 6.86. The molecule has 6 nitrogen and oxygen atoms in total. The van der Waals surface area contributed by atoms with E-state index in [0.29, 0.717) is 31.2 Å². The summed E-state index contributed by atoms with van der Waals surface area (Å²) in [4.78, 5) is 14.4. The molecule has 1 aliphatic rings. The highest BCUT2D eigenvalue weighted by atomic mass is 35.5. The first-order valence-corrected chi connectivity index (χ1v) is 10.6. The van der Waals surface area contributed by atoms with Crippen molar-refractivity contribution < 1.29 is 13.2 Å². The van der Waals surface area contributed by atoms with Crippen LogP contribution in [0.4, 0.5) is 0 Å². The molecule has 9 heteroatoms. The van der Waals surface area contributed by atoms with E-state index in [1.165, 1.54) is 22.5 Å². The van der Waals surface area contributed by atoms with Crippen molar-refractivity contribution >= 4 is 39.1 Å². The maximum absolute atomic E-state index is 12.8. The van der Waals surface area contributed by atoms with Crippen molar-refractivity contribution in [3.05, 3.63) is 28.2 Å². The molecule has 0 unspecified atom stereocenters. The molecule has 0 bridgehead atoms. The molecule has 146 valence electrons. The number of carbonyl (C=O) groups excluding carboxylic acids is 1. The number of piperazine rings is 1. The number of hydrogen-bond donors (Lipinski definition) is 1. The van der Waals surface area contributed by atoms with Gasteiger partial charge in [0.2, 0.25) is 15.9 Å². The Hall–Kier alpha value is -0.860. The van der Waals surface area contributed by atoms with E-state index in [9.17, 15) is 13.2 Å². The highest BCUT2D eigenvalue weighted by Gasteiger charge is 2.32. The molecule has 1 N–H and O–H groups in total. The van der Waals surface area contributed by atoms with E-state index in [0.717, 1.165) is 0 Å². The number of nitrogens with one attached hydrogen (secondary N) is 1. The van der Waals surface area contributed by atoms with Crippen molar-refractivity contribution in [1.29, 1.82) is 0 Å². The Bertz CT molecular complexity index is 770. The lowest BCUT2D eigenvalue weighted by Crippen LogP contribution is -2.56. The van der Waals surface area contributed by atoms with Gasteiger partial charge in [0.25, 0.3) is 0 Å². The van der Waals surface area contributed by atoms with Crippen LogP contribution in [0.25, 0.3) is 0 Å². The van der Waals surface area contributed by atoms with Gasteiger partial charge in [0.1, 0.15) is 0 Å². The summed E-state index contributed by atoms with van der Waals surface area (Å²) in [5, 5.41) is 3.48. The van der Waals surface area contributed by atoms with Crippen LogP contribution in [0, 0.1) is 0 Å². The molecule has 2 rings (SSSR count). The van der Waals surface area contributed by atoms with E-state index < -0.39 is 10.0 Å². The summed E-state index contributed by atoms with van der Waals surface area (Å²) in [5.41, 5.74) is -0.301. The first-order chi connectivity index (χ1) is 11.9. The third kappa shape index (κ3) is 5.10. The van der Waals surface area contributed by atoms with Crippen LogP contribution < -0.4 is 5.32 Å². The largest absolute Gasteiger partial charge is 0.350 e. The predicted octanol–water partition coefficient (Wildman–Crippen LogP) is 2.60. The Balaban J connectivity index is 2.03. The maximum atomic E-state index is 12.8. The van der Waals surface area contributed by atoms with E-state index in [1.54, 1.807) is 0 Å². The number of nitrogens with zero attached hydrogens (tertiary/aromatic N) is 2. The van der Waals surface area contributed by atoms with Gasteiger partial charge in [0.15, 0.2) is 0 Å². The molecular weight excluding hydrogens is 397 g/mol. The van der Waals surface area contributed by atoms with Crippen molar-refractivity contribution in [2.45, 2.75) is 44.2 Å². The summed E-state index contributed by atoms with van der Waals surface area (Å²) in [6, 6.07) is 3.98. The second-order valence-corrected chi connectivity index (χ2v) is 10.2. The molecular formula is C17H25Cl2N3O3S. The van der Waals surface area contributed by atoms with Gasteiger partial charge in [-0.2, -0.15) is 4.31 Å². The molecule has 1 saturated heterocycles. The molecule has 1 aliphatic heterocycles. The highest BCUT2D eigenvalue weighted by molar-refractivity contribution is 7.89. The van der Waals surface area contributed by atoms with Gasteiger partial charge in [0, 0.05) is 31.7 Å². The zero-order chi connectivity index (χ0) is 19.7. The monoisotopic (exact) mass is 421 g/mol. The Labute approximate surface area is 165 Å². The number of rotatable bonds is 4. The van der Waals surface area contributed by atoms with E-state index in [4.69, 9.17) is 23.2 Å². The van der Waals surface area contributed by atoms with Crippen molar-refractivity contribution in [2.24, 2.45) is 0 Å². The fourth-order valence-electron chi connectivity index (χ4n) is 2.76. The van der Waals surface area contributed by atoms with Gasteiger partial charge < -0.3 is 5.32 Å². The van der Waals surface area contributed by atoms with Gasteiger partial charge in [-0.3, -0.25) is 9.69 Å². The van der Waals surface area contributed by atoms with Crippen LogP contribution in [0.15, 0.2) is 23.1 Å². The number of sulfonamides is 1. The van der Waals surface area contributed by atoms with E-state index in [-0.39, 0.29) is 27.4 Å². The van der Waals surface area contributed by atoms with Gasteiger partial charge in [-0.1, -0.05) is 23.2 Å². The summed E-state index contributed by atoms with van der Waals surface area (Å²) >= 11 is 11.8. The van der Waals surface area contributed by atoms with Gasteiger partial charge in [-0.25, -0.2) is 8.42 Å². The molecule has 26 heavy (non-hydrogen) atoms. The van der Waals surface area contributed by atoms with Crippen LogP contribution in [0.2, 0.25) is 10.0 Å². The second-order valence-electron chi connectivity index (χ2n) is 7.43. The molecule has 1 aromatic carbocycles. The predicted molar refractivity (Wildman–Crippen MR) is 104 cm³/mol. The van der Waals surface area contributed by atoms with E-state index in [2.05, 4.69) is 5.32 Å². The summed E-state index contributed by atoms with van der Waals surface area (Å²) in [7, 11) is -3.64. The summed E-state index contributed by atoms with van der Waals surface area (Å²) in [5.74, 6) is -0.0571. The molecule has 0 saturated carbocycles. The van der Waals surface area contributed by atoms with E-state index in [1.807, 2.05) is 32.6 Å². The van der Waals surface area contributed by atoms with Gasteiger partial charge in [0.05, 0.1) is 21.0 Å². The first kappa shape index (κ1) is 21.4. The number of halogens is 2. The fourth-order valence-corrected chi connectivity index (χ4v) is 4.57. The number of benzene rings is 1. The topological polar surface area (TPSA) is 69.7 Å². The standard InChI is InChI=1S/C17H25Cl2N3O3S/c1-12(16(23)20-17(2,3)4)21-7-9-22(10-8-21)26(24,25)13-5-6-14(18)15(19)11-13/h5-6,11-12H,7-10H2,1-4H3,(H,20,23)/t12-/m0/s1. The molecule has 1 amide bonds. The van der Waals surface area contributed by atoms with Crippen molar-refractivity contribution in [2.75, 3.05) is 26.2 Å². The Morgan fingerprint density at radius 1 is 1.12 bits per heavy atom. The van der Waals surface area contributed by atoms with Crippen LogP contribution in [-0.2, 0) is 14.8 Å². The average Bonchev–Trinajstić information content (AvgIpc) is 2.55. The molecule has 0 aliphatic carbocycles. The molecule has 1 heterocycles. The van der Waals surface area contributed by atoms with Gasteiger partial charge in [-0.05, 0) is 45.9 Å². The number of hydrogen-bond acceptors (Lipinski definition) is 4. The SMILES string of the molecule is C[C@@H](C(=O)NC(C)(C)C)N1CCN(S(=O)(=O)c2ccc(Cl)c(Cl)c2)CC1. The third-order valence-electron chi connectivity index (χ3n) is 4.23. The molecule has 0 radical (unpaired) electrons. The van der Waals surface area contributed by atoms with Crippen molar-refractivity contribution in [3.8, 4) is 0 Å². The molecule has 1 aromatic rings. The zero-order valence-electron chi connectivity index (χ0n) is 15.4. The van der Waals surface area contributed by atoms with Crippen molar-refractivity contribution in [3.63, 3.8) is 0 Å². The summed E-state index contributed by atoms with van der Waals surface area (Å²) in [6.45, 7) is 9.23. The quantitative estimate of drug-likeness (QED) is 0.810. The van der Waals surface area contributed by atoms with E-state index >= 15 is 0 Å². The normalized spacial score (nSPS) is 18.5. The maximum Gasteiger partial charge on any atom is 0.243 e. The van der Waals surface area contributed by atoms with Crippen LogP contribution in [0.5, 0.6) is 0 Å². The number of amides is 1. The molecule has 0 aromatic heterocycles. The van der Waals surface area contributed by atoms with Gasteiger partial charge >= 0.3 is 0 Å². The summed E-state index contributed by atoms with van der Waals surface area (Å²) in [6.07, 6.45) is 0. The number of carbonyl (C=O) groups is 1. The van der Waals surface area contributed by atoms with Crippen LogP contribution in [0.3, 0.4) is 0 Å². The Morgan fingerprint density at radius 3 is 2.19 bits per heavy atom. The lowest BCUT2D eigenvalue weighted by molar-refractivity contribution is -0.127. The zero-order valence-corrected chi connectivity index (χ0v) is 17.7. The van der Waals surface area contributed by atoms with Crippen molar-refractivity contribution in [1.82, 2.24) is 14.5 Å². The van der Waals surface area contributed by atoms with Crippen LogP contribution in [0.1, 0.15) is 27.7 Å². The molecule has 1 atom stereocenters. The smallest absolute Gasteiger partial charge is 0.243 e. The Morgan fingerprint density at radius 2 is 1.69 bits per heavy atom. The minimum atomic E-state index is -3.64. The fraction of sp³-hybridized carbons (Fsp3) is 0.588. The molecule has 1 fully saturated rings. The summed E-state index contributed by atoms with van der Waals surface area (Å²) < 4.78 is 27.0. The molecule has 0 spiro atoms. The lowest BCUT2D eigenvalue weighted by Gasteiger charge is -2.37. The highest BCUT2D eigenvalue weighted by Crippen LogP contribution is 2.27. The minimum Gasteiger partial charge on any atom is -0.350 e. The second kappa shape index (κ2) is 8.02. The minimum absolute atomic E-state index is 0.0571. The van der Waals surface area contributed by atoms with Gasteiger partial charge in [-0.15, -0.1) is 0 Å². The van der Waals surface area contributed by atoms with Crippen LogP contribution >= 0.6 is 23.2 Å².